The molecular weight excluding hydrogens is 392 g/mol. The van der Waals surface area contributed by atoms with Crippen LogP contribution in [0.2, 0.25) is 0 Å². The van der Waals surface area contributed by atoms with E-state index in [1.54, 1.807) is 10.7 Å². The summed E-state index contributed by atoms with van der Waals surface area (Å²) >= 11 is 0. The first kappa shape index (κ1) is 18.3. The smallest absolute Gasteiger partial charge is 0.224 e. The third-order valence-electron chi connectivity index (χ3n) is 6.55. The maximum Gasteiger partial charge on any atom is 0.224 e. The van der Waals surface area contributed by atoms with E-state index in [9.17, 15) is 4.79 Å². The Morgan fingerprint density at radius 2 is 2.03 bits per heavy atom. The van der Waals surface area contributed by atoms with Crippen molar-refractivity contribution < 1.29 is 4.79 Å². The van der Waals surface area contributed by atoms with Gasteiger partial charge >= 0.3 is 0 Å². The zero-order valence-corrected chi connectivity index (χ0v) is 17.2. The molecular formula is C22H24N8O. The Balaban J connectivity index is 1.16. The Labute approximate surface area is 178 Å². The van der Waals surface area contributed by atoms with Gasteiger partial charge in [-0.25, -0.2) is 14.5 Å². The zero-order valence-electron chi connectivity index (χ0n) is 17.2. The molecule has 1 saturated carbocycles. The molecule has 2 fully saturated rings. The Hall–Kier alpha value is -3.49. The summed E-state index contributed by atoms with van der Waals surface area (Å²) in [6, 6.07) is 4.57. The Kier molecular flexibility index (Phi) is 4.33. The number of H-pyrrole nitrogens is 1. The first-order valence-electron chi connectivity index (χ1n) is 11.0. The summed E-state index contributed by atoms with van der Waals surface area (Å²) < 4.78 is 1.74. The van der Waals surface area contributed by atoms with Gasteiger partial charge in [0.15, 0.2) is 5.65 Å². The number of likely N-dealkylation sites (tertiary alicyclic amines) is 1. The average molecular weight is 416 g/mol. The highest BCUT2D eigenvalue weighted by atomic mass is 16.2. The molecule has 4 aromatic rings. The monoisotopic (exact) mass is 416 g/mol. The molecule has 1 saturated heterocycles. The van der Waals surface area contributed by atoms with Gasteiger partial charge in [0.1, 0.15) is 5.65 Å². The van der Waals surface area contributed by atoms with E-state index in [1.165, 1.54) is 0 Å². The number of anilines is 1. The van der Waals surface area contributed by atoms with Crippen molar-refractivity contribution >= 4 is 28.5 Å². The number of aromatic amines is 1. The van der Waals surface area contributed by atoms with Gasteiger partial charge in [-0.15, -0.1) is 0 Å². The van der Waals surface area contributed by atoms with Crippen molar-refractivity contribution in [3.8, 4) is 11.3 Å². The van der Waals surface area contributed by atoms with E-state index in [0.717, 1.165) is 73.0 Å². The molecule has 4 aromatic heterocycles. The number of hydrogen-bond acceptors (Lipinski definition) is 6. The quantitative estimate of drug-likeness (QED) is 0.530. The lowest BCUT2D eigenvalue weighted by Gasteiger charge is -2.34. The van der Waals surface area contributed by atoms with Crippen LogP contribution in [0.5, 0.6) is 0 Å². The second-order valence-electron chi connectivity index (χ2n) is 8.45. The summed E-state index contributed by atoms with van der Waals surface area (Å²) in [6.45, 7) is 0.930. The number of nitrogens with zero attached hydrogens (tertiary/aromatic N) is 6. The number of hydrogen-bond donors (Lipinski definition) is 2. The van der Waals surface area contributed by atoms with Gasteiger partial charge in [0.05, 0.1) is 11.9 Å². The van der Waals surface area contributed by atoms with Crippen LogP contribution in [0.3, 0.4) is 0 Å². The van der Waals surface area contributed by atoms with Crippen LogP contribution in [0, 0.1) is 0 Å². The molecule has 9 heteroatoms. The number of rotatable bonds is 4. The number of fused-ring (bicyclic) bond motifs is 2. The fraction of sp³-hybridized carbons (Fsp3) is 0.409. The molecule has 0 bridgehead atoms. The molecule has 2 N–H and O–H groups in total. The molecule has 1 amide bonds. The molecule has 31 heavy (non-hydrogen) atoms. The van der Waals surface area contributed by atoms with Crippen LogP contribution in [-0.2, 0) is 4.79 Å². The minimum Gasteiger partial charge on any atom is -0.351 e. The minimum absolute atomic E-state index is 0.328. The molecule has 2 aliphatic rings. The Morgan fingerprint density at radius 1 is 1.13 bits per heavy atom. The van der Waals surface area contributed by atoms with Crippen LogP contribution >= 0.6 is 0 Å². The number of carbonyl (C=O) groups excluding carboxylic acids is 1. The topological polar surface area (TPSA) is 104 Å². The Morgan fingerprint density at radius 3 is 2.87 bits per heavy atom. The van der Waals surface area contributed by atoms with Crippen molar-refractivity contribution in [1.29, 1.82) is 0 Å². The number of nitrogens with one attached hydrogen (secondary N) is 2. The molecule has 0 spiro atoms. The summed E-state index contributed by atoms with van der Waals surface area (Å²) in [5.74, 6) is 0.968. The summed E-state index contributed by atoms with van der Waals surface area (Å²) in [4.78, 5) is 31.3. The molecule has 5 heterocycles. The first-order chi connectivity index (χ1) is 15.2. The number of carbonyl (C=O) groups is 1. The van der Waals surface area contributed by atoms with Crippen molar-refractivity contribution in [2.75, 3.05) is 11.9 Å². The highest BCUT2D eigenvalue weighted by Gasteiger charge is 2.31. The predicted molar refractivity (Wildman–Crippen MR) is 116 cm³/mol. The normalized spacial score (nSPS) is 21.9. The van der Waals surface area contributed by atoms with Gasteiger partial charge in [-0.1, -0.05) is 0 Å². The van der Waals surface area contributed by atoms with Crippen molar-refractivity contribution in [3.63, 3.8) is 0 Å². The van der Waals surface area contributed by atoms with Crippen molar-refractivity contribution in [2.24, 2.45) is 0 Å². The van der Waals surface area contributed by atoms with Crippen molar-refractivity contribution in [1.82, 2.24) is 34.4 Å². The van der Waals surface area contributed by atoms with Gasteiger partial charge in [0.2, 0.25) is 11.9 Å². The van der Waals surface area contributed by atoms with E-state index < -0.39 is 0 Å². The fourth-order valence-corrected chi connectivity index (χ4v) is 4.92. The van der Waals surface area contributed by atoms with Crippen LogP contribution < -0.4 is 5.32 Å². The molecule has 1 aliphatic carbocycles. The van der Waals surface area contributed by atoms with E-state index >= 15 is 0 Å². The summed E-state index contributed by atoms with van der Waals surface area (Å²) in [5, 5.41) is 8.63. The molecule has 9 nitrogen and oxygen atoms in total. The number of aromatic nitrogens is 6. The maximum atomic E-state index is 12.0. The molecule has 6 rings (SSSR count). The number of amides is 1. The van der Waals surface area contributed by atoms with Gasteiger partial charge < -0.3 is 15.2 Å². The third kappa shape index (κ3) is 3.30. The second kappa shape index (κ2) is 7.33. The van der Waals surface area contributed by atoms with E-state index in [-0.39, 0.29) is 0 Å². The Bertz CT molecular complexity index is 1250. The average Bonchev–Trinajstić information content (AvgIpc) is 3.53. The molecule has 0 aromatic carbocycles. The standard InChI is InChI=1S/C22H24N8O/c31-20-2-1-10-29(20)15-5-3-14(4-6-15)26-22-24-13-17-16(12-23-21(17)28-22)18-8-11-30-19(27-18)7-9-25-30/h7-9,11-15H,1-6,10H2,(H2,23,24,26,28)/t14-,15+. The molecule has 0 atom stereocenters. The first-order valence-corrected chi connectivity index (χ1v) is 11.0. The molecule has 158 valence electrons. The lowest BCUT2D eigenvalue weighted by molar-refractivity contribution is -0.130. The molecule has 1 aliphatic heterocycles. The van der Waals surface area contributed by atoms with Crippen LogP contribution in [0.1, 0.15) is 38.5 Å². The highest BCUT2D eigenvalue weighted by Crippen LogP contribution is 2.29. The van der Waals surface area contributed by atoms with Crippen LogP contribution in [0.15, 0.2) is 36.9 Å². The highest BCUT2D eigenvalue weighted by molar-refractivity contribution is 5.92. The van der Waals surface area contributed by atoms with Gasteiger partial charge in [-0.3, -0.25) is 4.79 Å². The van der Waals surface area contributed by atoms with Gasteiger partial charge in [-0.05, 0) is 38.2 Å². The lowest BCUT2D eigenvalue weighted by atomic mass is 9.90. The zero-order chi connectivity index (χ0) is 20.8. The van der Waals surface area contributed by atoms with Crippen LogP contribution in [0.25, 0.3) is 27.9 Å². The van der Waals surface area contributed by atoms with Crippen LogP contribution in [-0.4, -0.2) is 59.0 Å². The molecule has 0 radical (unpaired) electrons. The summed E-state index contributed by atoms with van der Waals surface area (Å²) in [5.41, 5.74) is 3.43. The van der Waals surface area contributed by atoms with Crippen molar-refractivity contribution in [3.05, 3.63) is 36.9 Å². The molecule has 0 unspecified atom stereocenters. The SMILES string of the molecule is O=C1CCCN1[C@H]1CC[C@@H](Nc2ncc3c(-c4ccn5nccc5n4)c[nH]c3n2)CC1. The van der Waals surface area contributed by atoms with E-state index in [2.05, 4.69) is 35.3 Å². The summed E-state index contributed by atoms with van der Waals surface area (Å²) in [6.07, 6.45) is 13.3. The largest absolute Gasteiger partial charge is 0.351 e. The maximum absolute atomic E-state index is 12.0. The summed E-state index contributed by atoms with van der Waals surface area (Å²) in [7, 11) is 0. The minimum atomic E-state index is 0.328. The van der Waals surface area contributed by atoms with Crippen LogP contribution in [0.4, 0.5) is 5.95 Å². The predicted octanol–water partition coefficient (Wildman–Crippen LogP) is 3.01. The van der Waals surface area contributed by atoms with E-state index in [0.29, 0.717) is 23.9 Å². The second-order valence-corrected chi connectivity index (χ2v) is 8.45. The van der Waals surface area contributed by atoms with Gasteiger partial charge in [0, 0.05) is 60.7 Å². The lowest BCUT2D eigenvalue weighted by Crippen LogP contribution is -2.41. The third-order valence-corrected chi connectivity index (χ3v) is 6.55. The van der Waals surface area contributed by atoms with Crippen molar-refractivity contribution in [2.45, 2.75) is 50.6 Å². The fourth-order valence-electron chi connectivity index (χ4n) is 4.92. The van der Waals surface area contributed by atoms with E-state index in [1.807, 2.05) is 30.7 Å². The van der Waals surface area contributed by atoms with Gasteiger partial charge in [0.25, 0.3) is 0 Å². The van der Waals surface area contributed by atoms with E-state index in [4.69, 9.17) is 0 Å². The van der Waals surface area contributed by atoms with Gasteiger partial charge in [-0.2, -0.15) is 10.1 Å².